The van der Waals surface area contributed by atoms with Gasteiger partial charge in [-0.2, -0.15) is 0 Å². The quantitative estimate of drug-likeness (QED) is 0.655. The van der Waals surface area contributed by atoms with Crippen LogP contribution in [0.4, 0.5) is 11.4 Å². The number of fused-ring (bicyclic) bond motifs is 1. The van der Waals surface area contributed by atoms with E-state index in [-0.39, 0.29) is 17.3 Å². The summed E-state index contributed by atoms with van der Waals surface area (Å²) < 4.78 is 28.7. The Balaban J connectivity index is 1.57. The summed E-state index contributed by atoms with van der Waals surface area (Å²) in [4.78, 5) is 16.9. The van der Waals surface area contributed by atoms with Crippen molar-refractivity contribution in [2.24, 2.45) is 5.14 Å². The highest BCUT2D eigenvalue weighted by Gasteiger charge is 2.27. The van der Waals surface area contributed by atoms with Crippen molar-refractivity contribution in [2.75, 3.05) is 22.9 Å². The van der Waals surface area contributed by atoms with E-state index in [9.17, 15) is 13.2 Å². The molecular weight excluding hydrogens is 402 g/mol. The van der Waals surface area contributed by atoms with Crippen molar-refractivity contribution in [1.29, 1.82) is 0 Å². The van der Waals surface area contributed by atoms with Gasteiger partial charge in [0.2, 0.25) is 15.9 Å². The van der Waals surface area contributed by atoms with Gasteiger partial charge in [0.1, 0.15) is 5.76 Å². The van der Waals surface area contributed by atoms with Gasteiger partial charge in [0.25, 0.3) is 0 Å². The van der Waals surface area contributed by atoms with E-state index in [4.69, 9.17) is 9.56 Å². The molecule has 3 aromatic rings. The third kappa shape index (κ3) is 4.24. The van der Waals surface area contributed by atoms with Crippen LogP contribution in [-0.4, -0.2) is 27.4 Å². The first-order chi connectivity index (χ1) is 14.3. The number of primary sulfonamides is 1. The number of hydrogen-bond acceptors (Lipinski definition) is 5. The topological polar surface area (TPSA) is 96.9 Å². The zero-order valence-corrected chi connectivity index (χ0v) is 17.4. The number of anilines is 2. The molecule has 0 atom stereocenters. The van der Waals surface area contributed by atoms with Crippen LogP contribution in [0.3, 0.4) is 0 Å². The maximum absolute atomic E-state index is 13.2. The zero-order valence-electron chi connectivity index (χ0n) is 16.6. The molecule has 0 aliphatic carbocycles. The van der Waals surface area contributed by atoms with E-state index >= 15 is 0 Å². The minimum absolute atomic E-state index is 0.0645. The van der Waals surface area contributed by atoms with Gasteiger partial charge >= 0.3 is 0 Å². The third-order valence-electron chi connectivity index (χ3n) is 5.23. The van der Waals surface area contributed by atoms with E-state index in [1.165, 1.54) is 6.07 Å². The van der Waals surface area contributed by atoms with Crippen molar-refractivity contribution in [3.8, 4) is 0 Å². The second-order valence-corrected chi connectivity index (χ2v) is 8.96. The average molecular weight is 426 g/mol. The number of sulfonamides is 1. The molecule has 1 aromatic heterocycles. The summed E-state index contributed by atoms with van der Waals surface area (Å²) in [6.07, 6.45) is 2.21. The zero-order chi connectivity index (χ0) is 21.3. The molecule has 1 amide bonds. The Morgan fingerprint density at radius 2 is 1.93 bits per heavy atom. The third-order valence-corrected chi connectivity index (χ3v) is 6.14. The summed E-state index contributed by atoms with van der Waals surface area (Å²) in [5, 5.41) is 5.23. The molecule has 1 aliphatic heterocycles. The van der Waals surface area contributed by atoms with Crippen molar-refractivity contribution in [1.82, 2.24) is 0 Å². The van der Waals surface area contributed by atoms with Gasteiger partial charge in [0.15, 0.2) is 0 Å². The van der Waals surface area contributed by atoms with Crippen LogP contribution in [0.25, 0.3) is 0 Å². The van der Waals surface area contributed by atoms with Gasteiger partial charge in [-0.3, -0.25) is 4.79 Å². The minimum atomic E-state index is -3.77. The van der Waals surface area contributed by atoms with Crippen molar-refractivity contribution < 1.29 is 17.6 Å². The number of hydrogen-bond donors (Lipinski definition) is 1. The van der Waals surface area contributed by atoms with Crippen LogP contribution >= 0.6 is 0 Å². The molecule has 0 unspecified atom stereocenters. The fourth-order valence-electron chi connectivity index (χ4n) is 3.65. The number of rotatable bonds is 6. The molecule has 30 heavy (non-hydrogen) atoms. The second kappa shape index (κ2) is 7.97. The summed E-state index contributed by atoms with van der Waals surface area (Å²) in [6, 6.07) is 16.4. The maximum Gasteiger partial charge on any atom is 0.246 e. The molecule has 0 spiro atoms. The first kappa shape index (κ1) is 20.2. The van der Waals surface area contributed by atoms with Gasteiger partial charge in [-0.05, 0) is 61.4 Å². The van der Waals surface area contributed by atoms with E-state index in [2.05, 4.69) is 0 Å². The molecule has 8 heteroatoms. The van der Waals surface area contributed by atoms with E-state index in [1.54, 1.807) is 23.3 Å². The van der Waals surface area contributed by atoms with Crippen LogP contribution in [-0.2, 0) is 27.8 Å². The Labute approximate surface area is 175 Å². The Morgan fingerprint density at radius 1 is 1.17 bits per heavy atom. The molecule has 0 saturated heterocycles. The van der Waals surface area contributed by atoms with E-state index in [0.717, 1.165) is 28.3 Å². The number of nitrogens with zero attached hydrogens (tertiary/aromatic N) is 2. The van der Waals surface area contributed by atoms with Crippen LogP contribution in [0.1, 0.15) is 16.9 Å². The van der Waals surface area contributed by atoms with Gasteiger partial charge in [0.05, 0.1) is 24.2 Å². The molecule has 2 aromatic carbocycles. The maximum atomic E-state index is 13.2. The molecular formula is C22H23N3O4S. The summed E-state index contributed by atoms with van der Waals surface area (Å²) >= 11 is 0. The molecule has 0 saturated carbocycles. The van der Waals surface area contributed by atoms with Crippen LogP contribution in [0.5, 0.6) is 0 Å². The largest absolute Gasteiger partial charge is 0.467 e. The Kier molecular flexibility index (Phi) is 5.36. The average Bonchev–Trinajstić information content (AvgIpc) is 3.36. The van der Waals surface area contributed by atoms with E-state index in [0.29, 0.717) is 19.5 Å². The Bertz CT molecular complexity index is 1160. The monoisotopic (exact) mass is 425 g/mol. The van der Waals surface area contributed by atoms with Crippen LogP contribution in [0.2, 0.25) is 0 Å². The lowest BCUT2D eigenvalue weighted by atomic mass is 10.2. The summed E-state index contributed by atoms with van der Waals surface area (Å²) in [5.41, 5.74) is 3.61. The van der Waals surface area contributed by atoms with Crippen molar-refractivity contribution in [3.05, 3.63) is 77.7 Å². The fraction of sp³-hybridized carbons (Fsp3) is 0.227. The molecule has 1 aliphatic rings. The van der Waals surface area contributed by atoms with Gasteiger partial charge in [-0.1, -0.05) is 17.7 Å². The number of furan rings is 1. The SMILES string of the molecule is Cc1ccc(N(CC(=O)N2CCc3cc(S(N)(=O)=O)ccc32)Cc2ccco2)cc1. The van der Waals surface area contributed by atoms with Crippen LogP contribution in [0, 0.1) is 6.92 Å². The van der Waals surface area contributed by atoms with Gasteiger partial charge in [-0.15, -0.1) is 0 Å². The highest BCUT2D eigenvalue weighted by Crippen LogP contribution is 2.30. The van der Waals surface area contributed by atoms with Gasteiger partial charge in [0, 0.05) is 17.9 Å². The minimum Gasteiger partial charge on any atom is -0.467 e. The molecule has 156 valence electrons. The predicted molar refractivity (Wildman–Crippen MR) is 115 cm³/mol. The van der Waals surface area contributed by atoms with Crippen molar-refractivity contribution in [3.63, 3.8) is 0 Å². The number of carbonyl (C=O) groups is 1. The normalized spacial score (nSPS) is 13.3. The fourth-order valence-corrected chi connectivity index (χ4v) is 4.21. The van der Waals surface area contributed by atoms with E-state index in [1.807, 2.05) is 48.2 Å². The Morgan fingerprint density at radius 3 is 2.60 bits per heavy atom. The second-order valence-electron chi connectivity index (χ2n) is 7.40. The van der Waals surface area contributed by atoms with Crippen molar-refractivity contribution >= 4 is 27.3 Å². The number of carbonyl (C=O) groups excluding carboxylic acids is 1. The highest BCUT2D eigenvalue weighted by atomic mass is 32.2. The lowest BCUT2D eigenvalue weighted by molar-refractivity contribution is -0.117. The first-order valence-electron chi connectivity index (χ1n) is 9.61. The van der Waals surface area contributed by atoms with Crippen molar-refractivity contribution in [2.45, 2.75) is 24.8 Å². The molecule has 2 N–H and O–H groups in total. The molecule has 0 radical (unpaired) electrons. The van der Waals surface area contributed by atoms with Gasteiger partial charge < -0.3 is 14.2 Å². The summed E-state index contributed by atoms with van der Waals surface area (Å²) in [6.45, 7) is 3.15. The first-order valence-corrected chi connectivity index (χ1v) is 11.2. The smallest absolute Gasteiger partial charge is 0.246 e. The standard InChI is InChI=1S/C22H23N3O4S/c1-16-4-6-18(7-5-16)24(14-19-3-2-12-29-19)15-22(26)25-11-10-17-13-20(30(23,27)28)8-9-21(17)25/h2-9,12-13H,10-11,14-15H2,1H3,(H2,23,27,28). The highest BCUT2D eigenvalue weighted by molar-refractivity contribution is 7.89. The lowest BCUT2D eigenvalue weighted by Gasteiger charge is -2.26. The van der Waals surface area contributed by atoms with E-state index < -0.39 is 10.0 Å². The van der Waals surface area contributed by atoms with Crippen LogP contribution in [0.15, 0.2) is 70.2 Å². The summed E-state index contributed by atoms with van der Waals surface area (Å²) in [7, 11) is -3.77. The molecule has 0 bridgehead atoms. The molecule has 0 fully saturated rings. The molecule has 4 rings (SSSR count). The number of benzene rings is 2. The molecule has 2 heterocycles. The number of aryl methyl sites for hydroxylation is 1. The predicted octanol–water partition coefficient (Wildman–Crippen LogP) is 2.83. The Hall–Kier alpha value is -3.10. The van der Waals surface area contributed by atoms with Crippen LogP contribution < -0.4 is 14.9 Å². The van der Waals surface area contributed by atoms with Gasteiger partial charge in [-0.25, -0.2) is 13.6 Å². The number of nitrogens with two attached hydrogens (primary N) is 1. The summed E-state index contributed by atoms with van der Waals surface area (Å²) in [5.74, 6) is 0.701. The molecule has 7 nitrogen and oxygen atoms in total. The number of amides is 1. The lowest BCUT2D eigenvalue weighted by Crippen LogP contribution is -2.39.